The van der Waals surface area contributed by atoms with Crippen molar-refractivity contribution in [1.29, 1.82) is 0 Å². The monoisotopic (exact) mass is 331 g/mol. The molecule has 1 aromatic heterocycles. The van der Waals surface area contributed by atoms with Crippen molar-refractivity contribution in [2.75, 3.05) is 6.54 Å². The average Bonchev–Trinajstić information content (AvgIpc) is 2.92. The van der Waals surface area contributed by atoms with Crippen molar-refractivity contribution in [3.8, 4) is 0 Å². The van der Waals surface area contributed by atoms with Gasteiger partial charge in [-0.3, -0.25) is 0 Å². The van der Waals surface area contributed by atoms with Crippen LogP contribution in [0.4, 0.5) is 13.2 Å². The van der Waals surface area contributed by atoms with Crippen molar-refractivity contribution in [1.82, 2.24) is 5.32 Å². The average molecular weight is 331 g/mol. The summed E-state index contributed by atoms with van der Waals surface area (Å²) in [5, 5.41) is 4.94. The number of benzene rings is 1. The Morgan fingerprint density at radius 3 is 2.67 bits per heavy atom. The molecule has 114 valence electrons. The Balaban J connectivity index is 2.22. The molecular weight excluding hydrogens is 315 g/mol. The van der Waals surface area contributed by atoms with E-state index in [1.165, 1.54) is 29.2 Å². The first-order valence-corrected chi connectivity index (χ1v) is 8.32. The van der Waals surface area contributed by atoms with Gasteiger partial charge in [-0.15, -0.1) is 11.3 Å². The van der Waals surface area contributed by atoms with E-state index in [0.29, 0.717) is 17.0 Å². The molecule has 21 heavy (non-hydrogen) atoms. The third-order valence-corrected chi connectivity index (χ3v) is 4.87. The summed E-state index contributed by atoms with van der Waals surface area (Å²) in [6, 6.07) is 8.36. The molecule has 0 unspecified atom stereocenters. The number of hydrogen-bond donors (Lipinski definition) is 1. The van der Waals surface area contributed by atoms with Crippen LogP contribution in [0.2, 0.25) is 0 Å². The van der Waals surface area contributed by atoms with Crippen LogP contribution in [0.5, 0.6) is 0 Å². The Morgan fingerprint density at radius 2 is 2.05 bits per heavy atom. The first kappa shape index (κ1) is 16.4. The highest BCUT2D eigenvalue weighted by Crippen LogP contribution is 2.37. The van der Waals surface area contributed by atoms with E-state index < -0.39 is 11.7 Å². The van der Waals surface area contributed by atoms with Crippen LogP contribution < -0.4 is 5.32 Å². The highest BCUT2D eigenvalue weighted by atomic mass is 32.2. The van der Waals surface area contributed by atoms with E-state index in [1.807, 2.05) is 24.4 Å². The van der Waals surface area contributed by atoms with Crippen molar-refractivity contribution in [2.45, 2.75) is 35.2 Å². The van der Waals surface area contributed by atoms with Gasteiger partial charge in [0.15, 0.2) is 0 Å². The van der Waals surface area contributed by atoms with E-state index >= 15 is 0 Å². The molecule has 1 nitrogen and oxygen atoms in total. The van der Waals surface area contributed by atoms with E-state index in [4.69, 9.17) is 0 Å². The molecule has 2 rings (SSSR count). The van der Waals surface area contributed by atoms with Gasteiger partial charge in [-0.2, -0.15) is 13.2 Å². The van der Waals surface area contributed by atoms with Crippen molar-refractivity contribution in [2.24, 2.45) is 0 Å². The first-order chi connectivity index (χ1) is 10.0. The molecule has 0 aliphatic carbocycles. The number of hydrogen-bond acceptors (Lipinski definition) is 3. The second-order valence-electron chi connectivity index (χ2n) is 4.53. The fourth-order valence-corrected chi connectivity index (χ4v) is 3.66. The molecule has 0 fully saturated rings. The lowest BCUT2D eigenvalue weighted by Gasteiger charge is -2.14. The topological polar surface area (TPSA) is 12.0 Å². The van der Waals surface area contributed by atoms with Crippen molar-refractivity contribution in [3.05, 3.63) is 46.8 Å². The molecule has 0 spiro atoms. The zero-order valence-electron chi connectivity index (χ0n) is 11.5. The molecule has 1 aromatic carbocycles. The van der Waals surface area contributed by atoms with Crippen LogP contribution in [-0.4, -0.2) is 6.54 Å². The molecule has 0 bridgehead atoms. The van der Waals surface area contributed by atoms with E-state index in [1.54, 1.807) is 12.1 Å². The molecular formula is C15H16F3NS2. The van der Waals surface area contributed by atoms with E-state index in [9.17, 15) is 13.2 Å². The minimum absolute atomic E-state index is 0.243. The van der Waals surface area contributed by atoms with Crippen LogP contribution in [0, 0.1) is 0 Å². The molecule has 0 radical (unpaired) electrons. The van der Waals surface area contributed by atoms with Gasteiger partial charge in [-0.1, -0.05) is 30.8 Å². The maximum atomic E-state index is 13.2. The van der Waals surface area contributed by atoms with Crippen LogP contribution in [0.3, 0.4) is 0 Å². The smallest absolute Gasteiger partial charge is 0.313 e. The highest BCUT2D eigenvalue weighted by Gasteiger charge is 2.33. The lowest BCUT2D eigenvalue weighted by atomic mass is 10.1. The quantitative estimate of drug-likeness (QED) is 0.710. The van der Waals surface area contributed by atoms with Gasteiger partial charge in [0.05, 0.1) is 9.77 Å². The number of nitrogens with one attached hydrogen (secondary N) is 1. The lowest BCUT2D eigenvalue weighted by molar-refractivity contribution is -0.138. The molecule has 0 amide bonds. The molecule has 0 aliphatic heterocycles. The molecule has 2 aromatic rings. The Kier molecular flexibility index (Phi) is 5.72. The normalized spacial score (nSPS) is 11.8. The van der Waals surface area contributed by atoms with Gasteiger partial charge in [-0.05, 0) is 42.1 Å². The van der Waals surface area contributed by atoms with Gasteiger partial charge in [0.25, 0.3) is 0 Å². The van der Waals surface area contributed by atoms with Gasteiger partial charge >= 0.3 is 6.18 Å². The standard InChI is InChI=1S/C15H16F3NS2/c1-2-7-19-10-11-5-6-12(9-13(11)15(16,17)18)21-14-4-3-8-20-14/h3-6,8-9,19H,2,7,10H2,1H3. The summed E-state index contributed by atoms with van der Waals surface area (Å²) < 4.78 is 40.5. The second kappa shape index (κ2) is 7.33. The summed E-state index contributed by atoms with van der Waals surface area (Å²) in [5.41, 5.74) is -0.251. The summed E-state index contributed by atoms with van der Waals surface area (Å²) in [6.45, 7) is 2.94. The summed E-state index contributed by atoms with van der Waals surface area (Å²) in [4.78, 5) is 0.615. The van der Waals surface area contributed by atoms with Gasteiger partial charge in [0.2, 0.25) is 0 Å². The van der Waals surface area contributed by atoms with Crippen molar-refractivity contribution in [3.63, 3.8) is 0 Å². The fourth-order valence-electron chi connectivity index (χ4n) is 1.87. The lowest BCUT2D eigenvalue weighted by Crippen LogP contribution is -2.18. The van der Waals surface area contributed by atoms with Crippen LogP contribution in [0.15, 0.2) is 44.8 Å². The second-order valence-corrected chi connectivity index (χ2v) is 6.85. The largest absolute Gasteiger partial charge is 0.416 e. The van der Waals surface area contributed by atoms with Gasteiger partial charge in [0, 0.05) is 11.4 Å². The van der Waals surface area contributed by atoms with Gasteiger partial charge in [0.1, 0.15) is 0 Å². The Morgan fingerprint density at radius 1 is 1.24 bits per heavy atom. The van der Waals surface area contributed by atoms with E-state index in [-0.39, 0.29) is 6.54 Å². The zero-order chi connectivity index (χ0) is 15.3. The number of rotatable bonds is 6. The Hall–Kier alpha value is -0.980. The predicted molar refractivity (Wildman–Crippen MR) is 81.9 cm³/mol. The maximum Gasteiger partial charge on any atom is 0.416 e. The van der Waals surface area contributed by atoms with Crippen molar-refractivity contribution >= 4 is 23.1 Å². The summed E-state index contributed by atoms with van der Waals surface area (Å²) in [7, 11) is 0. The van der Waals surface area contributed by atoms with Crippen LogP contribution in [-0.2, 0) is 12.7 Å². The minimum Gasteiger partial charge on any atom is -0.313 e. The SMILES string of the molecule is CCCNCc1ccc(Sc2cccs2)cc1C(F)(F)F. The van der Waals surface area contributed by atoms with Gasteiger partial charge in [-0.25, -0.2) is 0 Å². The van der Waals surface area contributed by atoms with E-state index in [2.05, 4.69) is 5.32 Å². The first-order valence-electron chi connectivity index (χ1n) is 6.63. The van der Waals surface area contributed by atoms with Crippen molar-refractivity contribution < 1.29 is 13.2 Å². The molecule has 0 aliphatic rings. The molecule has 1 N–H and O–H groups in total. The Bertz CT molecular complexity index is 565. The third-order valence-electron chi connectivity index (χ3n) is 2.84. The van der Waals surface area contributed by atoms with Crippen LogP contribution >= 0.6 is 23.1 Å². The summed E-state index contributed by atoms with van der Waals surface area (Å²) in [5.74, 6) is 0. The molecule has 0 saturated heterocycles. The maximum absolute atomic E-state index is 13.2. The molecule has 0 saturated carbocycles. The molecule has 1 heterocycles. The number of halogens is 3. The molecule has 6 heteroatoms. The predicted octanol–water partition coefficient (Wildman–Crippen LogP) is 5.42. The minimum atomic E-state index is -4.32. The zero-order valence-corrected chi connectivity index (χ0v) is 13.2. The van der Waals surface area contributed by atoms with Crippen LogP contribution in [0.25, 0.3) is 0 Å². The fraction of sp³-hybridized carbons (Fsp3) is 0.333. The number of alkyl halides is 3. The highest BCUT2D eigenvalue weighted by molar-refractivity contribution is 8.01. The summed E-state index contributed by atoms with van der Waals surface area (Å²) >= 11 is 2.88. The number of thiophene rings is 1. The third kappa shape index (κ3) is 4.76. The Labute approximate surface area is 130 Å². The van der Waals surface area contributed by atoms with E-state index in [0.717, 1.165) is 10.6 Å². The van der Waals surface area contributed by atoms with Crippen LogP contribution in [0.1, 0.15) is 24.5 Å². The molecule has 0 atom stereocenters. The van der Waals surface area contributed by atoms with Gasteiger partial charge < -0.3 is 5.32 Å². The summed E-state index contributed by atoms with van der Waals surface area (Å²) in [6.07, 6.45) is -3.43.